The van der Waals surface area contributed by atoms with Crippen LogP contribution in [0.5, 0.6) is 5.75 Å². The van der Waals surface area contributed by atoms with Crippen molar-refractivity contribution in [1.29, 1.82) is 0 Å². The fraction of sp³-hybridized carbons (Fsp3) is 0.208. The van der Waals surface area contributed by atoms with E-state index in [0.717, 1.165) is 25.9 Å². The summed E-state index contributed by atoms with van der Waals surface area (Å²) >= 11 is 0. The molecule has 0 aromatic heterocycles. The molecule has 0 unspecified atom stereocenters. The Kier molecular flexibility index (Phi) is 6.87. The second-order valence-electron chi connectivity index (χ2n) is 7.97. The highest BCUT2D eigenvalue weighted by Gasteiger charge is 2.24. The molecule has 1 aliphatic heterocycles. The Morgan fingerprint density at radius 1 is 1.00 bits per heavy atom. The number of anilines is 3. The van der Waals surface area contributed by atoms with E-state index in [4.69, 9.17) is 4.74 Å². The molecule has 35 heavy (non-hydrogen) atoms. The summed E-state index contributed by atoms with van der Waals surface area (Å²) in [5, 5.41) is 14.2. The van der Waals surface area contributed by atoms with Crippen LogP contribution in [0.1, 0.15) is 23.2 Å². The van der Waals surface area contributed by atoms with Gasteiger partial charge in [-0.2, -0.15) is 0 Å². The van der Waals surface area contributed by atoms with Gasteiger partial charge in [-0.25, -0.2) is 8.42 Å². The quantitative estimate of drug-likeness (QED) is 0.352. The van der Waals surface area contributed by atoms with E-state index in [1.54, 1.807) is 30.3 Å². The molecular formula is C24H24N4O6S. The number of carbonyl (C=O) groups is 1. The lowest BCUT2D eigenvalue weighted by Crippen LogP contribution is -2.20. The molecule has 1 fully saturated rings. The highest BCUT2D eigenvalue weighted by atomic mass is 32.2. The van der Waals surface area contributed by atoms with Gasteiger partial charge in [0, 0.05) is 36.1 Å². The van der Waals surface area contributed by atoms with Crippen molar-refractivity contribution in [3.8, 4) is 5.75 Å². The molecule has 0 aliphatic carbocycles. The van der Waals surface area contributed by atoms with Crippen LogP contribution in [0.4, 0.5) is 22.7 Å². The summed E-state index contributed by atoms with van der Waals surface area (Å²) in [4.78, 5) is 25.8. The first-order chi connectivity index (χ1) is 16.8. The summed E-state index contributed by atoms with van der Waals surface area (Å²) in [7, 11) is -2.41. The maximum Gasteiger partial charge on any atom is 0.293 e. The van der Waals surface area contributed by atoms with Crippen LogP contribution in [-0.2, 0) is 10.0 Å². The fourth-order valence-corrected chi connectivity index (χ4v) is 4.96. The highest BCUT2D eigenvalue weighted by Crippen LogP contribution is 2.32. The number of amides is 1. The number of nitrogens with one attached hydrogen (secondary N) is 2. The largest absolute Gasteiger partial charge is 0.497 e. The molecule has 0 saturated carbocycles. The van der Waals surface area contributed by atoms with Crippen LogP contribution < -0.4 is 19.7 Å². The van der Waals surface area contributed by atoms with E-state index in [-0.39, 0.29) is 21.8 Å². The Labute approximate surface area is 202 Å². The zero-order valence-electron chi connectivity index (χ0n) is 18.9. The number of benzene rings is 3. The van der Waals surface area contributed by atoms with Crippen LogP contribution in [-0.4, -0.2) is 39.4 Å². The van der Waals surface area contributed by atoms with Crippen molar-refractivity contribution in [1.82, 2.24) is 0 Å². The van der Waals surface area contributed by atoms with Gasteiger partial charge in [-0.15, -0.1) is 0 Å². The van der Waals surface area contributed by atoms with Gasteiger partial charge in [0.25, 0.3) is 21.6 Å². The Bertz CT molecular complexity index is 1350. The minimum absolute atomic E-state index is 0.0542. The van der Waals surface area contributed by atoms with Gasteiger partial charge in [0.1, 0.15) is 11.4 Å². The molecule has 11 heteroatoms. The second kappa shape index (κ2) is 10.0. The van der Waals surface area contributed by atoms with E-state index < -0.39 is 20.9 Å². The van der Waals surface area contributed by atoms with E-state index >= 15 is 0 Å². The van der Waals surface area contributed by atoms with Crippen molar-refractivity contribution in [2.24, 2.45) is 0 Å². The molecule has 1 aliphatic rings. The number of hydrogen-bond donors (Lipinski definition) is 2. The van der Waals surface area contributed by atoms with Gasteiger partial charge in [0.2, 0.25) is 0 Å². The normalized spacial score (nSPS) is 13.3. The van der Waals surface area contributed by atoms with Crippen molar-refractivity contribution in [3.05, 3.63) is 82.4 Å². The van der Waals surface area contributed by atoms with Gasteiger partial charge < -0.3 is 15.0 Å². The molecule has 1 saturated heterocycles. The van der Waals surface area contributed by atoms with Gasteiger partial charge in [-0.05, 0) is 67.4 Å². The lowest BCUT2D eigenvalue weighted by molar-refractivity contribution is -0.384. The molecule has 182 valence electrons. The van der Waals surface area contributed by atoms with Crippen LogP contribution in [0, 0.1) is 10.1 Å². The maximum atomic E-state index is 12.8. The number of carbonyl (C=O) groups excluding carboxylic acids is 1. The smallest absolute Gasteiger partial charge is 0.293 e. The molecule has 1 amide bonds. The monoisotopic (exact) mass is 496 g/mol. The fourth-order valence-electron chi connectivity index (χ4n) is 3.85. The average molecular weight is 497 g/mol. The SMILES string of the molecule is COc1ccc(NS(=O)(=O)c2cccc(NC(=O)c3ccc(N4CCCC4)c([N+](=O)[O-])c3)c2)cc1. The number of sulfonamides is 1. The number of rotatable bonds is 8. The summed E-state index contributed by atoms with van der Waals surface area (Å²) in [6, 6.07) is 16.5. The van der Waals surface area contributed by atoms with Crippen LogP contribution in [0.25, 0.3) is 0 Å². The molecule has 0 spiro atoms. The second-order valence-corrected chi connectivity index (χ2v) is 9.65. The van der Waals surface area contributed by atoms with Gasteiger partial charge in [-0.3, -0.25) is 19.6 Å². The van der Waals surface area contributed by atoms with E-state index in [0.29, 0.717) is 17.1 Å². The van der Waals surface area contributed by atoms with Gasteiger partial charge in [-0.1, -0.05) is 6.07 Å². The zero-order chi connectivity index (χ0) is 25.0. The minimum Gasteiger partial charge on any atom is -0.497 e. The van der Waals surface area contributed by atoms with Crippen LogP contribution in [0.15, 0.2) is 71.6 Å². The highest BCUT2D eigenvalue weighted by molar-refractivity contribution is 7.92. The molecule has 3 aromatic carbocycles. The Hall–Kier alpha value is -4.12. The van der Waals surface area contributed by atoms with Crippen molar-refractivity contribution in [2.75, 3.05) is 35.1 Å². The van der Waals surface area contributed by atoms with Gasteiger partial charge in [0.15, 0.2) is 0 Å². The van der Waals surface area contributed by atoms with Crippen LogP contribution in [0.2, 0.25) is 0 Å². The van der Waals surface area contributed by atoms with Crippen molar-refractivity contribution < 1.29 is 22.9 Å². The standard InChI is InChI=1S/C24H24N4O6S/c1-34-20-10-8-18(9-11-20)26-35(32,33)21-6-4-5-19(16-21)25-24(29)17-7-12-22(23(15-17)28(30)31)27-13-2-3-14-27/h4-12,15-16,26H,2-3,13-14H2,1H3,(H,25,29). The molecule has 0 bridgehead atoms. The Balaban J connectivity index is 1.52. The molecular weight excluding hydrogens is 472 g/mol. The molecule has 4 rings (SSSR count). The predicted octanol–water partition coefficient (Wildman–Crippen LogP) is 4.26. The predicted molar refractivity (Wildman–Crippen MR) is 133 cm³/mol. The third kappa shape index (κ3) is 5.52. The average Bonchev–Trinajstić information content (AvgIpc) is 3.39. The number of hydrogen-bond acceptors (Lipinski definition) is 7. The number of ether oxygens (including phenoxy) is 1. The Morgan fingerprint density at radius 3 is 2.37 bits per heavy atom. The van der Waals surface area contributed by atoms with E-state index in [1.165, 1.54) is 43.5 Å². The summed E-state index contributed by atoms with van der Waals surface area (Å²) in [6.07, 6.45) is 1.93. The third-order valence-corrected chi connectivity index (χ3v) is 7.00. The van der Waals surface area contributed by atoms with E-state index in [2.05, 4.69) is 10.0 Å². The first-order valence-corrected chi connectivity index (χ1v) is 12.4. The summed E-state index contributed by atoms with van der Waals surface area (Å²) in [5.41, 5.74) is 1.04. The van der Waals surface area contributed by atoms with E-state index in [1.807, 2.05) is 4.90 Å². The Morgan fingerprint density at radius 2 is 1.71 bits per heavy atom. The molecule has 0 radical (unpaired) electrons. The number of nitro benzene ring substituents is 1. The topological polar surface area (TPSA) is 131 Å². The van der Waals surface area contributed by atoms with Crippen LogP contribution in [0.3, 0.4) is 0 Å². The molecule has 10 nitrogen and oxygen atoms in total. The van der Waals surface area contributed by atoms with Crippen molar-refractivity contribution in [3.63, 3.8) is 0 Å². The van der Waals surface area contributed by atoms with Crippen molar-refractivity contribution >= 4 is 38.7 Å². The lowest BCUT2D eigenvalue weighted by Gasteiger charge is -2.17. The van der Waals surface area contributed by atoms with Gasteiger partial charge in [0.05, 0.1) is 16.9 Å². The minimum atomic E-state index is -3.93. The number of nitrogens with zero attached hydrogens (tertiary/aromatic N) is 2. The van der Waals surface area contributed by atoms with E-state index in [9.17, 15) is 23.3 Å². The van der Waals surface area contributed by atoms with Crippen molar-refractivity contribution in [2.45, 2.75) is 17.7 Å². The molecule has 0 atom stereocenters. The summed E-state index contributed by atoms with van der Waals surface area (Å²) in [6.45, 7) is 1.47. The first kappa shape index (κ1) is 24.0. The summed E-state index contributed by atoms with van der Waals surface area (Å²) in [5.74, 6) is 0.00471. The van der Waals surface area contributed by atoms with Gasteiger partial charge >= 0.3 is 0 Å². The maximum absolute atomic E-state index is 12.8. The van der Waals surface area contributed by atoms with Crippen LogP contribution >= 0.6 is 0 Å². The summed E-state index contributed by atoms with van der Waals surface area (Å²) < 4.78 is 33.2. The number of methoxy groups -OCH3 is 1. The zero-order valence-corrected chi connectivity index (χ0v) is 19.7. The number of nitro groups is 1. The first-order valence-electron chi connectivity index (χ1n) is 10.9. The molecule has 3 aromatic rings. The lowest BCUT2D eigenvalue weighted by atomic mass is 10.1. The third-order valence-electron chi connectivity index (χ3n) is 5.63. The molecule has 1 heterocycles. The molecule has 2 N–H and O–H groups in total.